The fourth-order valence-corrected chi connectivity index (χ4v) is 4.04. The second-order valence-corrected chi connectivity index (χ2v) is 7.32. The lowest BCUT2D eigenvalue weighted by molar-refractivity contribution is 0.104. The summed E-state index contributed by atoms with van der Waals surface area (Å²) in [6.07, 6.45) is 3.92. The molecule has 0 amide bonds. The van der Waals surface area contributed by atoms with Gasteiger partial charge in [0.2, 0.25) is 0 Å². The number of hydrogen-bond acceptors (Lipinski definition) is 4. The molecule has 0 aromatic heterocycles. The van der Waals surface area contributed by atoms with Gasteiger partial charge in [-0.25, -0.2) is 0 Å². The summed E-state index contributed by atoms with van der Waals surface area (Å²) >= 11 is 0. The Labute approximate surface area is 176 Å². The molecular formula is C26H19N3O. The lowest BCUT2D eigenvalue weighted by Crippen LogP contribution is -2.22. The van der Waals surface area contributed by atoms with Gasteiger partial charge in [-0.05, 0) is 42.7 Å². The molecule has 4 nitrogen and oxygen atoms in total. The first kappa shape index (κ1) is 19.2. The zero-order valence-electron chi connectivity index (χ0n) is 16.8. The smallest absolute Gasteiger partial charge is 0.194 e. The molecular weight excluding hydrogens is 370 g/mol. The Bertz CT molecular complexity index is 1220. The summed E-state index contributed by atoms with van der Waals surface area (Å²) in [6.45, 7) is 4.74. The van der Waals surface area contributed by atoms with Gasteiger partial charge in [0.05, 0.1) is 0 Å². The molecule has 2 aromatic carbocycles. The van der Waals surface area contributed by atoms with Crippen LogP contribution in [0.2, 0.25) is 0 Å². The van der Waals surface area contributed by atoms with Crippen LogP contribution in [-0.4, -0.2) is 10.7 Å². The lowest BCUT2D eigenvalue weighted by atomic mass is 9.93. The van der Waals surface area contributed by atoms with Crippen LogP contribution in [0, 0.1) is 22.7 Å². The SMILES string of the molecule is CC1=CC(=C2C(=O)c3ccccc3C2=C(C#N)C#N)C=C(C)N1Cc1ccccc1. The zero-order chi connectivity index (χ0) is 21.3. The van der Waals surface area contributed by atoms with Crippen LogP contribution in [0.4, 0.5) is 0 Å². The fraction of sp³-hybridized carbons (Fsp3) is 0.115. The maximum Gasteiger partial charge on any atom is 0.194 e. The van der Waals surface area contributed by atoms with E-state index in [1.54, 1.807) is 18.2 Å². The standard InChI is InChI=1S/C26H19N3O/c1-17-12-20(13-18(2)29(17)16-19-8-4-3-5-9-19)25-24(21(14-27)15-28)22-10-6-7-11-23(22)26(25)30/h3-13H,16H2,1-2H3. The van der Waals surface area contributed by atoms with Gasteiger partial charge in [0, 0.05) is 34.6 Å². The largest absolute Gasteiger partial charge is 0.345 e. The van der Waals surface area contributed by atoms with Crippen molar-refractivity contribution in [3.05, 3.63) is 112 Å². The Morgan fingerprint density at radius 1 is 0.867 bits per heavy atom. The minimum absolute atomic E-state index is 0.0420. The molecule has 0 saturated heterocycles. The summed E-state index contributed by atoms with van der Waals surface area (Å²) in [7, 11) is 0. The van der Waals surface area contributed by atoms with Crippen LogP contribution in [0.3, 0.4) is 0 Å². The second kappa shape index (κ2) is 7.70. The summed E-state index contributed by atoms with van der Waals surface area (Å²) in [6, 6.07) is 21.3. The third-order valence-corrected chi connectivity index (χ3v) is 5.44. The molecule has 0 bridgehead atoms. The number of nitrogens with zero attached hydrogens (tertiary/aromatic N) is 3. The van der Waals surface area contributed by atoms with E-state index in [0.29, 0.717) is 22.3 Å². The van der Waals surface area contributed by atoms with E-state index in [9.17, 15) is 15.3 Å². The fourth-order valence-electron chi connectivity index (χ4n) is 4.04. The Kier molecular flexibility index (Phi) is 4.92. The van der Waals surface area contributed by atoms with Crippen LogP contribution in [0.25, 0.3) is 5.57 Å². The van der Waals surface area contributed by atoms with Crippen LogP contribution in [0.15, 0.2) is 94.9 Å². The number of fused-ring (bicyclic) bond motifs is 1. The van der Waals surface area contributed by atoms with E-state index in [1.807, 2.05) is 62.4 Å². The molecule has 0 unspecified atom stereocenters. The first-order valence-corrected chi connectivity index (χ1v) is 9.66. The molecule has 0 saturated carbocycles. The molecule has 0 radical (unpaired) electrons. The summed E-state index contributed by atoms with van der Waals surface area (Å²) in [5.41, 5.74) is 5.91. The highest BCUT2D eigenvalue weighted by Gasteiger charge is 2.34. The van der Waals surface area contributed by atoms with Crippen molar-refractivity contribution in [1.82, 2.24) is 4.90 Å². The van der Waals surface area contributed by atoms with Gasteiger partial charge in [-0.3, -0.25) is 4.79 Å². The third-order valence-electron chi connectivity index (χ3n) is 5.44. The number of carbonyl (C=O) groups is 1. The number of allylic oxidation sites excluding steroid dienone is 8. The Hall–Kier alpha value is -4.15. The molecule has 0 N–H and O–H groups in total. The van der Waals surface area contributed by atoms with Crippen molar-refractivity contribution < 1.29 is 4.79 Å². The van der Waals surface area contributed by atoms with Crippen LogP contribution < -0.4 is 0 Å². The van der Waals surface area contributed by atoms with E-state index < -0.39 is 0 Å². The topological polar surface area (TPSA) is 67.9 Å². The molecule has 0 spiro atoms. The summed E-state index contributed by atoms with van der Waals surface area (Å²) in [4.78, 5) is 15.4. The van der Waals surface area contributed by atoms with Crippen molar-refractivity contribution in [2.75, 3.05) is 0 Å². The van der Waals surface area contributed by atoms with E-state index in [0.717, 1.165) is 23.5 Å². The third kappa shape index (κ3) is 3.15. The summed E-state index contributed by atoms with van der Waals surface area (Å²) < 4.78 is 0. The number of nitriles is 2. The molecule has 1 aliphatic carbocycles. The Morgan fingerprint density at radius 2 is 1.43 bits per heavy atom. The first-order valence-electron chi connectivity index (χ1n) is 9.66. The normalized spacial score (nSPS) is 15.3. The van der Waals surface area contributed by atoms with Crippen molar-refractivity contribution in [1.29, 1.82) is 10.5 Å². The quantitative estimate of drug-likeness (QED) is 0.516. The van der Waals surface area contributed by atoms with Crippen molar-refractivity contribution in [3.8, 4) is 12.1 Å². The molecule has 2 aromatic rings. The van der Waals surface area contributed by atoms with Crippen LogP contribution in [-0.2, 0) is 6.54 Å². The van der Waals surface area contributed by atoms with Gasteiger partial charge in [-0.15, -0.1) is 0 Å². The number of ketones is 1. The predicted octanol–water partition coefficient (Wildman–Crippen LogP) is 5.30. The lowest BCUT2D eigenvalue weighted by Gasteiger charge is -2.30. The number of benzene rings is 2. The molecule has 4 rings (SSSR count). The van der Waals surface area contributed by atoms with Gasteiger partial charge in [0.25, 0.3) is 0 Å². The van der Waals surface area contributed by atoms with Crippen LogP contribution in [0.1, 0.15) is 35.3 Å². The Balaban J connectivity index is 1.86. The highest BCUT2D eigenvalue weighted by molar-refractivity contribution is 6.28. The monoisotopic (exact) mass is 389 g/mol. The van der Waals surface area contributed by atoms with Crippen molar-refractivity contribution in [2.24, 2.45) is 0 Å². The average Bonchev–Trinajstić information content (AvgIpc) is 3.05. The van der Waals surface area contributed by atoms with E-state index in [-0.39, 0.29) is 11.4 Å². The molecule has 30 heavy (non-hydrogen) atoms. The predicted molar refractivity (Wildman–Crippen MR) is 115 cm³/mol. The van der Waals surface area contributed by atoms with Crippen LogP contribution >= 0.6 is 0 Å². The van der Waals surface area contributed by atoms with Crippen molar-refractivity contribution in [2.45, 2.75) is 20.4 Å². The van der Waals surface area contributed by atoms with Crippen LogP contribution in [0.5, 0.6) is 0 Å². The molecule has 0 fully saturated rings. The average molecular weight is 389 g/mol. The van der Waals surface area contributed by atoms with Gasteiger partial charge < -0.3 is 4.90 Å². The second-order valence-electron chi connectivity index (χ2n) is 7.32. The number of Topliss-reactive ketones (excluding diaryl/α,β-unsaturated/α-hetero) is 1. The van der Waals surface area contributed by atoms with Crippen molar-refractivity contribution in [3.63, 3.8) is 0 Å². The highest BCUT2D eigenvalue weighted by atomic mass is 16.1. The summed E-state index contributed by atoms with van der Waals surface area (Å²) in [5.74, 6) is -0.150. The highest BCUT2D eigenvalue weighted by Crippen LogP contribution is 2.42. The summed E-state index contributed by atoms with van der Waals surface area (Å²) in [5, 5.41) is 19.0. The maximum atomic E-state index is 13.2. The first-order chi connectivity index (χ1) is 14.5. The van der Waals surface area contributed by atoms with E-state index in [2.05, 4.69) is 17.0 Å². The molecule has 1 aliphatic heterocycles. The van der Waals surface area contributed by atoms with E-state index in [4.69, 9.17) is 0 Å². The number of carbonyl (C=O) groups excluding carboxylic acids is 1. The van der Waals surface area contributed by atoms with Gasteiger partial charge in [0.15, 0.2) is 5.78 Å². The van der Waals surface area contributed by atoms with Gasteiger partial charge >= 0.3 is 0 Å². The Morgan fingerprint density at radius 3 is 2.03 bits per heavy atom. The molecule has 144 valence electrons. The minimum Gasteiger partial charge on any atom is -0.345 e. The molecule has 1 heterocycles. The molecule has 4 heteroatoms. The van der Waals surface area contributed by atoms with Gasteiger partial charge in [-0.2, -0.15) is 10.5 Å². The maximum absolute atomic E-state index is 13.2. The van der Waals surface area contributed by atoms with Crippen molar-refractivity contribution >= 4 is 11.4 Å². The van der Waals surface area contributed by atoms with E-state index >= 15 is 0 Å². The molecule has 0 atom stereocenters. The van der Waals surface area contributed by atoms with Gasteiger partial charge in [-0.1, -0.05) is 54.6 Å². The van der Waals surface area contributed by atoms with E-state index in [1.165, 1.54) is 5.56 Å². The number of hydrogen-bond donors (Lipinski definition) is 0. The molecule has 2 aliphatic rings. The minimum atomic E-state index is -0.150. The zero-order valence-corrected chi connectivity index (χ0v) is 16.8. The number of rotatable bonds is 2. The van der Waals surface area contributed by atoms with Gasteiger partial charge in [0.1, 0.15) is 17.7 Å².